The zero-order valence-electron chi connectivity index (χ0n) is 13.4. The van der Waals surface area contributed by atoms with Crippen molar-refractivity contribution >= 4 is 10.8 Å². The summed E-state index contributed by atoms with van der Waals surface area (Å²) in [7, 11) is 3.10. The van der Waals surface area contributed by atoms with Crippen molar-refractivity contribution in [3.05, 3.63) is 70.1 Å². The highest BCUT2D eigenvalue weighted by Crippen LogP contribution is 2.30. The van der Waals surface area contributed by atoms with Crippen molar-refractivity contribution in [2.75, 3.05) is 14.2 Å². The zero-order chi connectivity index (χ0) is 17.1. The smallest absolute Gasteiger partial charge is 0.258 e. The predicted octanol–water partition coefficient (Wildman–Crippen LogP) is 2.94. The molecule has 0 aliphatic rings. The number of fused-ring (bicyclic) bond motifs is 1. The fourth-order valence-corrected chi connectivity index (χ4v) is 2.67. The van der Waals surface area contributed by atoms with E-state index in [0.717, 1.165) is 10.9 Å². The SMILES string of the molecule is COc1cc2ccn(Cc3cccc(C#N)c3)c(=O)c2cc1OC. The summed E-state index contributed by atoms with van der Waals surface area (Å²) in [6.07, 6.45) is 1.75. The quantitative estimate of drug-likeness (QED) is 0.741. The second-order valence-electron chi connectivity index (χ2n) is 5.36. The summed E-state index contributed by atoms with van der Waals surface area (Å²) in [5.41, 5.74) is 1.36. The predicted molar refractivity (Wildman–Crippen MR) is 91.6 cm³/mol. The minimum Gasteiger partial charge on any atom is -0.493 e. The van der Waals surface area contributed by atoms with E-state index in [2.05, 4.69) is 6.07 Å². The van der Waals surface area contributed by atoms with Crippen LogP contribution in [0.15, 0.2) is 53.5 Å². The monoisotopic (exact) mass is 320 g/mol. The van der Waals surface area contributed by atoms with Crippen LogP contribution in [0.2, 0.25) is 0 Å². The van der Waals surface area contributed by atoms with Crippen LogP contribution < -0.4 is 15.0 Å². The number of nitrogens with zero attached hydrogens (tertiary/aromatic N) is 2. The first-order valence-electron chi connectivity index (χ1n) is 7.40. The Labute approximate surface area is 139 Å². The van der Waals surface area contributed by atoms with E-state index in [1.165, 1.54) is 0 Å². The molecule has 0 aliphatic carbocycles. The molecule has 1 heterocycles. The first kappa shape index (κ1) is 15.6. The minimum atomic E-state index is -0.115. The molecular formula is C19H16N2O3. The van der Waals surface area contributed by atoms with Gasteiger partial charge >= 0.3 is 0 Å². The van der Waals surface area contributed by atoms with Crippen molar-refractivity contribution in [1.29, 1.82) is 5.26 Å². The van der Waals surface area contributed by atoms with Crippen molar-refractivity contribution in [2.24, 2.45) is 0 Å². The van der Waals surface area contributed by atoms with Crippen LogP contribution in [0, 0.1) is 11.3 Å². The van der Waals surface area contributed by atoms with Gasteiger partial charge in [-0.15, -0.1) is 0 Å². The van der Waals surface area contributed by atoms with E-state index in [4.69, 9.17) is 14.7 Å². The molecule has 3 aromatic rings. The average Bonchev–Trinajstić information content (AvgIpc) is 2.63. The molecule has 24 heavy (non-hydrogen) atoms. The lowest BCUT2D eigenvalue weighted by atomic mass is 10.1. The summed E-state index contributed by atoms with van der Waals surface area (Å²) in [6.45, 7) is 0.401. The van der Waals surface area contributed by atoms with Crippen molar-refractivity contribution in [2.45, 2.75) is 6.54 Å². The number of rotatable bonds is 4. The number of nitriles is 1. The van der Waals surface area contributed by atoms with Gasteiger partial charge in [0, 0.05) is 6.20 Å². The summed E-state index contributed by atoms with van der Waals surface area (Å²) < 4.78 is 12.2. The van der Waals surface area contributed by atoms with Gasteiger partial charge in [0.05, 0.1) is 37.8 Å². The van der Waals surface area contributed by atoms with E-state index in [0.29, 0.717) is 29.0 Å². The molecule has 0 spiro atoms. The highest BCUT2D eigenvalue weighted by atomic mass is 16.5. The Morgan fingerprint density at radius 2 is 1.83 bits per heavy atom. The van der Waals surface area contributed by atoms with Crippen molar-refractivity contribution in [3.63, 3.8) is 0 Å². The number of aromatic nitrogens is 1. The second-order valence-corrected chi connectivity index (χ2v) is 5.36. The maximum Gasteiger partial charge on any atom is 0.258 e. The van der Waals surface area contributed by atoms with Crippen LogP contribution in [0.25, 0.3) is 10.8 Å². The molecule has 120 valence electrons. The van der Waals surface area contributed by atoms with Crippen LogP contribution in [0.4, 0.5) is 0 Å². The zero-order valence-corrected chi connectivity index (χ0v) is 13.4. The first-order valence-corrected chi connectivity index (χ1v) is 7.40. The molecule has 0 radical (unpaired) electrons. The minimum absolute atomic E-state index is 0.115. The Kier molecular flexibility index (Phi) is 4.21. The Morgan fingerprint density at radius 3 is 2.54 bits per heavy atom. The number of benzene rings is 2. The van der Waals surface area contributed by atoms with Gasteiger partial charge in [-0.25, -0.2) is 0 Å². The summed E-state index contributed by atoms with van der Waals surface area (Å²) in [4.78, 5) is 12.8. The average molecular weight is 320 g/mol. The molecular weight excluding hydrogens is 304 g/mol. The van der Waals surface area contributed by atoms with Gasteiger partial charge in [0.2, 0.25) is 0 Å². The molecule has 0 amide bonds. The van der Waals surface area contributed by atoms with Crippen LogP contribution in [-0.2, 0) is 6.54 Å². The Morgan fingerprint density at radius 1 is 1.08 bits per heavy atom. The van der Waals surface area contributed by atoms with E-state index in [1.807, 2.05) is 18.2 Å². The summed E-state index contributed by atoms with van der Waals surface area (Å²) >= 11 is 0. The largest absolute Gasteiger partial charge is 0.493 e. The van der Waals surface area contributed by atoms with Crippen LogP contribution in [0.5, 0.6) is 11.5 Å². The lowest BCUT2D eigenvalue weighted by Crippen LogP contribution is -2.20. The summed E-state index contributed by atoms with van der Waals surface area (Å²) in [5, 5.41) is 10.3. The van der Waals surface area contributed by atoms with Gasteiger partial charge < -0.3 is 14.0 Å². The highest BCUT2D eigenvalue weighted by molar-refractivity contribution is 5.85. The van der Waals surface area contributed by atoms with Gasteiger partial charge in [-0.05, 0) is 41.3 Å². The Balaban J connectivity index is 2.08. The summed E-state index contributed by atoms with van der Waals surface area (Å²) in [5.74, 6) is 1.11. The van der Waals surface area contributed by atoms with Gasteiger partial charge in [0.1, 0.15) is 0 Å². The fourth-order valence-electron chi connectivity index (χ4n) is 2.67. The van der Waals surface area contributed by atoms with Crippen LogP contribution >= 0.6 is 0 Å². The number of hydrogen-bond acceptors (Lipinski definition) is 4. The molecule has 0 N–H and O–H groups in total. The molecule has 2 aromatic carbocycles. The first-order chi connectivity index (χ1) is 11.7. The molecule has 0 unspecified atom stereocenters. The maximum atomic E-state index is 12.8. The topological polar surface area (TPSA) is 64.2 Å². The van der Waals surface area contributed by atoms with E-state index in [1.54, 1.807) is 49.2 Å². The van der Waals surface area contributed by atoms with Crippen LogP contribution in [0.1, 0.15) is 11.1 Å². The molecule has 5 nitrogen and oxygen atoms in total. The highest BCUT2D eigenvalue weighted by Gasteiger charge is 2.10. The van der Waals surface area contributed by atoms with E-state index in [-0.39, 0.29) is 5.56 Å². The molecule has 0 atom stereocenters. The molecule has 0 aliphatic heterocycles. The normalized spacial score (nSPS) is 10.4. The Bertz CT molecular complexity index is 1000. The van der Waals surface area contributed by atoms with E-state index < -0.39 is 0 Å². The van der Waals surface area contributed by atoms with Crippen LogP contribution in [0.3, 0.4) is 0 Å². The van der Waals surface area contributed by atoms with Crippen molar-refractivity contribution in [1.82, 2.24) is 4.57 Å². The summed E-state index contributed by atoms with van der Waals surface area (Å²) in [6, 6.07) is 14.7. The van der Waals surface area contributed by atoms with Gasteiger partial charge in [-0.3, -0.25) is 4.79 Å². The molecule has 0 saturated carbocycles. The number of methoxy groups -OCH3 is 2. The second kappa shape index (κ2) is 6.47. The molecule has 0 fully saturated rings. The number of hydrogen-bond donors (Lipinski definition) is 0. The van der Waals surface area contributed by atoms with Gasteiger partial charge in [0.25, 0.3) is 5.56 Å². The number of ether oxygens (including phenoxy) is 2. The maximum absolute atomic E-state index is 12.8. The fraction of sp³-hybridized carbons (Fsp3) is 0.158. The molecule has 5 heteroatoms. The van der Waals surface area contributed by atoms with Crippen LogP contribution in [-0.4, -0.2) is 18.8 Å². The number of pyridine rings is 1. The lowest BCUT2D eigenvalue weighted by Gasteiger charge is -2.11. The molecule has 0 bridgehead atoms. The van der Waals surface area contributed by atoms with Gasteiger partial charge in [-0.1, -0.05) is 12.1 Å². The third-order valence-electron chi connectivity index (χ3n) is 3.89. The third-order valence-corrected chi connectivity index (χ3v) is 3.89. The molecule has 1 aromatic heterocycles. The van der Waals surface area contributed by atoms with E-state index >= 15 is 0 Å². The standard InChI is InChI=1S/C19H16N2O3/c1-23-17-9-15-6-7-21(19(22)16(15)10-18(17)24-2)12-14-5-3-4-13(8-14)11-20/h3-10H,12H2,1-2H3. The third kappa shape index (κ3) is 2.82. The van der Waals surface area contributed by atoms with E-state index in [9.17, 15) is 4.79 Å². The lowest BCUT2D eigenvalue weighted by molar-refractivity contribution is 0.356. The Hall–Kier alpha value is -3.26. The van der Waals surface area contributed by atoms with Gasteiger partial charge in [0.15, 0.2) is 11.5 Å². The molecule has 3 rings (SSSR count). The van der Waals surface area contributed by atoms with Gasteiger partial charge in [-0.2, -0.15) is 5.26 Å². The van der Waals surface area contributed by atoms with Crippen molar-refractivity contribution < 1.29 is 9.47 Å². The molecule has 0 saturated heterocycles. The van der Waals surface area contributed by atoms with Crippen molar-refractivity contribution in [3.8, 4) is 17.6 Å².